The predicted octanol–water partition coefficient (Wildman–Crippen LogP) is 2.27. The molecule has 2 aromatic rings. The summed E-state index contributed by atoms with van der Waals surface area (Å²) < 4.78 is 5.24. The molecule has 0 saturated heterocycles. The molecular weight excluding hydrogens is 260 g/mol. The van der Waals surface area contributed by atoms with Gasteiger partial charge in [0.15, 0.2) is 0 Å². The van der Waals surface area contributed by atoms with E-state index in [4.69, 9.17) is 10.3 Å². The first kappa shape index (κ1) is 14.1. The minimum absolute atomic E-state index is 0.0502. The minimum atomic E-state index is -0.465. The summed E-state index contributed by atoms with van der Waals surface area (Å²) in [4.78, 5) is 14.8. The molecule has 1 heterocycles. The van der Waals surface area contributed by atoms with Gasteiger partial charge in [0.2, 0.25) is 11.7 Å². The van der Waals surface area contributed by atoms with Gasteiger partial charge >= 0.3 is 0 Å². The largest absolute Gasteiger partial charge is 0.338 e. The Morgan fingerprint density at radius 1 is 1.45 bits per heavy atom. The van der Waals surface area contributed by atoms with Gasteiger partial charge in [-0.15, -0.1) is 0 Å². The standard InChI is InChI=1S/C13H16N4O3/c1-3-13(2,8-14)12-15-11(16-20-12)9-6-4-5-7-10(9)17(18)19/h4-7H,3,8,14H2,1-2H3/t13-/m1/s1. The van der Waals surface area contributed by atoms with Crippen LogP contribution in [0, 0.1) is 10.1 Å². The van der Waals surface area contributed by atoms with E-state index in [2.05, 4.69) is 10.1 Å². The third-order valence-corrected chi connectivity index (χ3v) is 3.51. The van der Waals surface area contributed by atoms with E-state index in [0.717, 1.165) is 6.42 Å². The fourth-order valence-corrected chi connectivity index (χ4v) is 1.78. The van der Waals surface area contributed by atoms with Crippen molar-refractivity contribution in [3.8, 4) is 11.4 Å². The molecule has 1 aromatic carbocycles. The van der Waals surface area contributed by atoms with Crippen molar-refractivity contribution in [3.05, 3.63) is 40.3 Å². The zero-order chi connectivity index (χ0) is 14.8. The highest BCUT2D eigenvalue weighted by Gasteiger charge is 2.30. The van der Waals surface area contributed by atoms with E-state index in [1.807, 2.05) is 13.8 Å². The highest BCUT2D eigenvalue weighted by atomic mass is 16.6. The topological polar surface area (TPSA) is 108 Å². The Kier molecular flexibility index (Phi) is 3.80. The smallest absolute Gasteiger partial charge is 0.280 e. The van der Waals surface area contributed by atoms with Gasteiger partial charge in [-0.05, 0) is 19.4 Å². The summed E-state index contributed by atoms with van der Waals surface area (Å²) in [5.74, 6) is 0.607. The molecular formula is C13H16N4O3. The maximum absolute atomic E-state index is 11.0. The fourth-order valence-electron chi connectivity index (χ4n) is 1.78. The maximum atomic E-state index is 11.0. The number of nitro benzene ring substituents is 1. The van der Waals surface area contributed by atoms with Crippen LogP contribution in [0.15, 0.2) is 28.8 Å². The number of aromatic nitrogens is 2. The summed E-state index contributed by atoms with van der Waals surface area (Å²) in [5.41, 5.74) is 5.60. The lowest BCUT2D eigenvalue weighted by atomic mass is 9.88. The van der Waals surface area contributed by atoms with E-state index < -0.39 is 10.3 Å². The monoisotopic (exact) mass is 276 g/mol. The lowest BCUT2D eigenvalue weighted by Gasteiger charge is -2.20. The second-order valence-electron chi connectivity index (χ2n) is 4.82. The van der Waals surface area contributed by atoms with Crippen molar-refractivity contribution < 1.29 is 9.45 Å². The number of nitro groups is 1. The number of hydrogen-bond donors (Lipinski definition) is 1. The number of benzene rings is 1. The molecule has 0 spiro atoms. The Bertz CT molecular complexity index is 620. The zero-order valence-electron chi connectivity index (χ0n) is 11.4. The first-order valence-corrected chi connectivity index (χ1v) is 6.30. The van der Waals surface area contributed by atoms with E-state index >= 15 is 0 Å². The van der Waals surface area contributed by atoms with Crippen LogP contribution >= 0.6 is 0 Å². The molecule has 0 unspecified atom stereocenters. The van der Waals surface area contributed by atoms with E-state index in [1.54, 1.807) is 18.2 Å². The maximum Gasteiger partial charge on any atom is 0.280 e. The third-order valence-electron chi connectivity index (χ3n) is 3.51. The van der Waals surface area contributed by atoms with E-state index in [-0.39, 0.29) is 11.5 Å². The van der Waals surface area contributed by atoms with Crippen molar-refractivity contribution in [2.75, 3.05) is 6.54 Å². The third kappa shape index (κ3) is 2.39. The van der Waals surface area contributed by atoms with Gasteiger partial charge in [-0.1, -0.05) is 24.2 Å². The second kappa shape index (κ2) is 5.38. The minimum Gasteiger partial charge on any atom is -0.338 e. The first-order chi connectivity index (χ1) is 9.51. The van der Waals surface area contributed by atoms with Crippen LogP contribution in [0.25, 0.3) is 11.4 Å². The zero-order valence-corrected chi connectivity index (χ0v) is 11.4. The molecule has 0 bridgehead atoms. The number of hydrogen-bond acceptors (Lipinski definition) is 6. The van der Waals surface area contributed by atoms with Crippen molar-refractivity contribution in [2.45, 2.75) is 25.7 Å². The van der Waals surface area contributed by atoms with Gasteiger partial charge in [-0.2, -0.15) is 4.98 Å². The lowest BCUT2D eigenvalue weighted by Crippen LogP contribution is -2.31. The van der Waals surface area contributed by atoms with Crippen LogP contribution in [0.5, 0.6) is 0 Å². The molecule has 0 radical (unpaired) electrons. The lowest BCUT2D eigenvalue weighted by molar-refractivity contribution is -0.384. The molecule has 106 valence electrons. The van der Waals surface area contributed by atoms with E-state index in [0.29, 0.717) is 18.0 Å². The average molecular weight is 276 g/mol. The van der Waals surface area contributed by atoms with Crippen molar-refractivity contribution >= 4 is 5.69 Å². The highest BCUT2D eigenvalue weighted by molar-refractivity contribution is 5.67. The van der Waals surface area contributed by atoms with Gasteiger partial charge in [-0.3, -0.25) is 10.1 Å². The normalized spacial score (nSPS) is 13.9. The molecule has 7 heteroatoms. The second-order valence-corrected chi connectivity index (χ2v) is 4.82. The first-order valence-electron chi connectivity index (χ1n) is 6.30. The molecule has 2 rings (SSSR count). The molecule has 2 N–H and O–H groups in total. The van der Waals surface area contributed by atoms with Crippen LogP contribution in [-0.4, -0.2) is 21.6 Å². The number of nitrogens with zero attached hydrogens (tertiary/aromatic N) is 3. The van der Waals surface area contributed by atoms with Crippen LogP contribution in [0.3, 0.4) is 0 Å². The molecule has 1 aromatic heterocycles. The average Bonchev–Trinajstić information content (AvgIpc) is 2.96. The van der Waals surface area contributed by atoms with Crippen LogP contribution in [-0.2, 0) is 5.41 Å². The number of rotatable bonds is 5. The Hall–Kier alpha value is -2.28. The van der Waals surface area contributed by atoms with E-state index in [9.17, 15) is 10.1 Å². The van der Waals surface area contributed by atoms with Crippen molar-refractivity contribution in [2.24, 2.45) is 5.73 Å². The number of nitrogens with two attached hydrogens (primary N) is 1. The van der Waals surface area contributed by atoms with Crippen LogP contribution in [0.4, 0.5) is 5.69 Å². The highest BCUT2D eigenvalue weighted by Crippen LogP contribution is 2.30. The molecule has 0 aliphatic carbocycles. The molecule has 0 saturated carbocycles. The summed E-state index contributed by atoms with van der Waals surface area (Å²) >= 11 is 0. The van der Waals surface area contributed by atoms with Gasteiger partial charge in [0, 0.05) is 12.6 Å². The van der Waals surface area contributed by atoms with E-state index in [1.165, 1.54) is 6.07 Å². The van der Waals surface area contributed by atoms with Crippen molar-refractivity contribution in [3.63, 3.8) is 0 Å². The van der Waals surface area contributed by atoms with Crippen LogP contribution in [0.1, 0.15) is 26.2 Å². The van der Waals surface area contributed by atoms with Gasteiger partial charge in [0.05, 0.1) is 10.3 Å². The van der Waals surface area contributed by atoms with Gasteiger partial charge in [0.25, 0.3) is 5.69 Å². The molecule has 0 amide bonds. The summed E-state index contributed by atoms with van der Waals surface area (Å²) in [6.07, 6.45) is 0.738. The summed E-state index contributed by atoms with van der Waals surface area (Å²) in [7, 11) is 0. The Labute approximate surface area is 115 Å². The van der Waals surface area contributed by atoms with Crippen LogP contribution in [0.2, 0.25) is 0 Å². The summed E-state index contributed by atoms with van der Waals surface area (Å²) in [6, 6.07) is 6.30. The predicted molar refractivity (Wildman–Crippen MR) is 73.1 cm³/mol. The Balaban J connectivity index is 2.47. The van der Waals surface area contributed by atoms with Gasteiger partial charge in [-0.25, -0.2) is 0 Å². The molecule has 7 nitrogen and oxygen atoms in total. The van der Waals surface area contributed by atoms with Gasteiger partial charge in [0.1, 0.15) is 5.56 Å². The van der Waals surface area contributed by atoms with Crippen LogP contribution < -0.4 is 5.73 Å². The SMILES string of the molecule is CC[C@](C)(CN)c1nc(-c2ccccc2[N+](=O)[O-])no1. The molecule has 1 atom stereocenters. The molecule has 20 heavy (non-hydrogen) atoms. The fraction of sp³-hybridized carbons (Fsp3) is 0.385. The summed E-state index contributed by atoms with van der Waals surface area (Å²) in [5, 5.41) is 14.9. The van der Waals surface area contributed by atoms with Crippen molar-refractivity contribution in [1.29, 1.82) is 0 Å². The number of para-hydroxylation sites is 1. The Morgan fingerprint density at radius 3 is 2.75 bits per heavy atom. The molecule has 0 fully saturated rings. The Morgan fingerprint density at radius 2 is 2.15 bits per heavy atom. The quantitative estimate of drug-likeness (QED) is 0.662. The molecule has 0 aliphatic rings. The van der Waals surface area contributed by atoms with Gasteiger partial charge < -0.3 is 10.3 Å². The summed E-state index contributed by atoms with van der Waals surface area (Å²) in [6.45, 7) is 4.26. The van der Waals surface area contributed by atoms with Crippen molar-refractivity contribution in [1.82, 2.24) is 10.1 Å². The molecule has 0 aliphatic heterocycles.